The average Bonchev–Trinajstić information content (AvgIpc) is 2.30. The highest BCUT2D eigenvalue weighted by Crippen LogP contribution is 2.27. The van der Waals surface area contributed by atoms with Gasteiger partial charge in [0.2, 0.25) is 0 Å². The van der Waals surface area contributed by atoms with E-state index in [1.807, 2.05) is 0 Å². The normalized spacial score (nSPS) is 9.82. The summed E-state index contributed by atoms with van der Waals surface area (Å²) in [7, 11) is 1.58. The van der Waals surface area contributed by atoms with Crippen LogP contribution >= 0.6 is 11.6 Å². The van der Waals surface area contributed by atoms with Crippen LogP contribution in [0.1, 0.15) is 13.3 Å². The van der Waals surface area contributed by atoms with Gasteiger partial charge in [0.1, 0.15) is 5.75 Å². The minimum atomic E-state index is -0.221. The second kappa shape index (κ2) is 7.01. The molecular formula is C12H16ClNO3. The number of carbonyl (C=O) groups excluding carboxylic acids is 1. The Balaban J connectivity index is 2.50. The number of hydrogen-bond acceptors (Lipinski definition) is 4. The fraction of sp³-hybridized carbons (Fsp3) is 0.417. The van der Waals surface area contributed by atoms with Crippen LogP contribution in [-0.4, -0.2) is 26.2 Å². The summed E-state index contributed by atoms with van der Waals surface area (Å²) < 4.78 is 9.99. The monoisotopic (exact) mass is 257 g/mol. The quantitative estimate of drug-likeness (QED) is 0.796. The molecule has 0 atom stereocenters. The number of rotatable bonds is 6. The van der Waals surface area contributed by atoms with Gasteiger partial charge in [0.05, 0.1) is 25.8 Å². The highest BCUT2D eigenvalue weighted by molar-refractivity contribution is 6.30. The molecule has 0 unspecified atom stereocenters. The first-order chi connectivity index (χ1) is 8.17. The van der Waals surface area contributed by atoms with Crippen LogP contribution < -0.4 is 10.1 Å². The average molecular weight is 258 g/mol. The summed E-state index contributed by atoms with van der Waals surface area (Å²) in [6.07, 6.45) is 0.309. The van der Waals surface area contributed by atoms with E-state index >= 15 is 0 Å². The maximum absolute atomic E-state index is 11.1. The van der Waals surface area contributed by atoms with Crippen LogP contribution in [0.15, 0.2) is 18.2 Å². The summed E-state index contributed by atoms with van der Waals surface area (Å²) in [5.41, 5.74) is 0.768. The number of ether oxygens (including phenoxy) is 2. The van der Waals surface area contributed by atoms with Crippen molar-refractivity contribution in [1.82, 2.24) is 0 Å². The zero-order valence-electron chi connectivity index (χ0n) is 9.96. The molecular weight excluding hydrogens is 242 g/mol. The lowest BCUT2D eigenvalue weighted by Crippen LogP contribution is -2.11. The van der Waals surface area contributed by atoms with Crippen molar-refractivity contribution >= 4 is 23.3 Å². The van der Waals surface area contributed by atoms with Crippen molar-refractivity contribution in [1.29, 1.82) is 0 Å². The summed E-state index contributed by atoms with van der Waals surface area (Å²) in [6, 6.07) is 5.28. The highest BCUT2D eigenvalue weighted by atomic mass is 35.5. The number of halogens is 1. The van der Waals surface area contributed by atoms with Crippen molar-refractivity contribution in [3.8, 4) is 5.75 Å². The summed E-state index contributed by atoms with van der Waals surface area (Å²) in [5, 5.41) is 3.70. The third-order valence-corrected chi connectivity index (χ3v) is 2.35. The van der Waals surface area contributed by atoms with Crippen molar-refractivity contribution in [2.45, 2.75) is 13.3 Å². The van der Waals surface area contributed by atoms with Gasteiger partial charge in [0, 0.05) is 11.6 Å². The zero-order chi connectivity index (χ0) is 12.7. The SMILES string of the molecule is CCOC(=O)CCNc1cc(Cl)ccc1OC. The summed E-state index contributed by atoms with van der Waals surface area (Å²) in [5.74, 6) is 0.472. The van der Waals surface area contributed by atoms with E-state index in [2.05, 4.69) is 5.32 Å². The van der Waals surface area contributed by atoms with E-state index in [1.54, 1.807) is 32.2 Å². The predicted molar refractivity (Wildman–Crippen MR) is 67.7 cm³/mol. The van der Waals surface area contributed by atoms with Gasteiger partial charge >= 0.3 is 5.97 Å². The van der Waals surface area contributed by atoms with Gasteiger partial charge in [-0.15, -0.1) is 0 Å². The smallest absolute Gasteiger partial charge is 0.307 e. The van der Waals surface area contributed by atoms with Crippen LogP contribution in [-0.2, 0) is 9.53 Å². The Labute approximate surface area is 106 Å². The molecule has 0 bridgehead atoms. The van der Waals surface area contributed by atoms with Gasteiger partial charge in [0.25, 0.3) is 0 Å². The molecule has 0 saturated carbocycles. The van der Waals surface area contributed by atoms with Crippen LogP contribution in [0.4, 0.5) is 5.69 Å². The Bertz CT molecular complexity index is 382. The van der Waals surface area contributed by atoms with Gasteiger partial charge in [0.15, 0.2) is 0 Å². The number of hydrogen-bond donors (Lipinski definition) is 1. The molecule has 17 heavy (non-hydrogen) atoms. The number of carbonyl (C=O) groups is 1. The Hall–Kier alpha value is -1.42. The topological polar surface area (TPSA) is 47.6 Å². The molecule has 5 heteroatoms. The third-order valence-electron chi connectivity index (χ3n) is 2.11. The first kappa shape index (κ1) is 13.6. The molecule has 0 amide bonds. The van der Waals surface area contributed by atoms with Crippen LogP contribution in [0.25, 0.3) is 0 Å². The molecule has 1 N–H and O–H groups in total. The summed E-state index contributed by atoms with van der Waals surface area (Å²) in [6.45, 7) is 2.67. The predicted octanol–water partition coefficient (Wildman–Crippen LogP) is 2.71. The van der Waals surface area contributed by atoms with E-state index in [1.165, 1.54) is 0 Å². The van der Waals surface area contributed by atoms with E-state index in [4.69, 9.17) is 21.1 Å². The molecule has 0 saturated heterocycles. The number of esters is 1. The molecule has 1 aromatic carbocycles. The van der Waals surface area contributed by atoms with E-state index in [0.717, 1.165) is 5.69 Å². The highest BCUT2D eigenvalue weighted by Gasteiger charge is 2.05. The molecule has 0 fully saturated rings. The molecule has 0 heterocycles. The molecule has 0 radical (unpaired) electrons. The minimum Gasteiger partial charge on any atom is -0.495 e. The minimum absolute atomic E-state index is 0.221. The van der Waals surface area contributed by atoms with Gasteiger partial charge in [-0.3, -0.25) is 4.79 Å². The lowest BCUT2D eigenvalue weighted by Gasteiger charge is -2.11. The molecule has 4 nitrogen and oxygen atoms in total. The fourth-order valence-corrected chi connectivity index (χ4v) is 1.52. The van der Waals surface area contributed by atoms with Gasteiger partial charge < -0.3 is 14.8 Å². The van der Waals surface area contributed by atoms with Crippen molar-refractivity contribution < 1.29 is 14.3 Å². The standard InChI is InChI=1S/C12H16ClNO3/c1-3-17-12(15)6-7-14-10-8-9(13)4-5-11(10)16-2/h4-5,8,14H,3,6-7H2,1-2H3. The largest absolute Gasteiger partial charge is 0.495 e. The van der Waals surface area contributed by atoms with Crippen LogP contribution in [0.2, 0.25) is 5.02 Å². The van der Waals surface area contributed by atoms with E-state index in [-0.39, 0.29) is 5.97 Å². The van der Waals surface area contributed by atoms with Gasteiger partial charge in [-0.2, -0.15) is 0 Å². The summed E-state index contributed by atoms with van der Waals surface area (Å²) in [4.78, 5) is 11.1. The Morgan fingerprint density at radius 2 is 2.24 bits per heavy atom. The lowest BCUT2D eigenvalue weighted by molar-refractivity contribution is -0.142. The molecule has 1 aromatic rings. The number of benzene rings is 1. The lowest BCUT2D eigenvalue weighted by atomic mass is 10.3. The van der Waals surface area contributed by atoms with Crippen molar-refractivity contribution in [3.05, 3.63) is 23.2 Å². The maximum atomic E-state index is 11.1. The molecule has 1 rings (SSSR count). The van der Waals surface area contributed by atoms with Crippen LogP contribution in [0.3, 0.4) is 0 Å². The van der Waals surface area contributed by atoms with Gasteiger partial charge in [-0.25, -0.2) is 0 Å². The van der Waals surface area contributed by atoms with E-state index in [9.17, 15) is 4.79 Å². The number of anilines is 1. The third kappa shape index (κ3) is 4.53. The Morgan fingerprint density at radius 1 is 1.47 bits per heavy atom. The first-order valence-corrected chi connectivity index (χ1v) is 5.78. The van der Waals surface area contributed by atoms with E-state index in [0.29, 0.717) is 30.3 Å². The molecule has 0 aromatic heterocycles. The second-order valence-electron chi connectivity index (χ2n) is 3.33. The molecule has 0 spiro atoms. The van der Waals surface area contributed by atoms with Crippen molar-refractivity contribution in [2.24, 2.45) is 0 Å². The second-order valence-corrected chi connectivity index (χ2v) is 3.76. The summed E-state index contributed by atoms with van der Waals surface area (Å²) >= 11 is 5.88. The van der Waals surface area contributed by atoms with Crippen LogP contribution in [0, 0.1) is 0 Å². The number of methoxy groups -OCH3 is 1. The Kier molecular flexibility index (Phi) is 5.63. The zero-order valence-corrected chi connectivity index (χ0v) is 10.7. The Morgan fingerprint density at radius 3 is 2.88 bits per heavy atom. The molecule has 0 aliphatic carbocycles. The first-order valence-electron chi connectivity index (χ1n) is 5.40. The maximum Gasteiger partial charge on any atom is 0.307 e. The van der Waals surface area contributed by atoms with Crippen molar-refractivity contribution in [3.63, 3.8) is 0 Å². The fourth-order valence-electron chi connectivity index (χ4n) is 1.35. The van der Waals surface area contributed by atoms with Crippen molar-refractivity contribution in [2.75, 3.05) is 25.6 Å². The number of nitrogens with one attached hydrogen (secondary N) is 1. The van der Waals surface area contributed by atoms with E-state index < -0.39 is 0 Å². The molecule has 0 aliphatic heterocycles. The van der Waals surface area contributed by atoms with Gasteiger partial charge in [-0.05, 0) is 25.1 Å². The van der Waals surface area contributed by atoms with Gasteiger partial charge in [-0.1, -0.05) is 11.6 Å². The molecule has 0 aliphatic rings. The van der Waals surface area contributed by atoms with Crippen LogP contribution in [0.5, 0.6) is 5.75 Å². The molecule has 94 valence electrons.